The number of primary sulfonamides is 1. The fourth-order valence-corrected chi connectivity index (χ4v) is 3.45. The molecule has 174 valence electrons. The van der Waals surface area contributed by atoms with Crippen LogP contribution in [0, 0.1) is 22.7 Å². The summed E-state index contributed by atoms with van der Waals surface area (Å²) in [7, 11) is -3.32. The number of carbonyl (C=O) groups excluding carboxylic acids is 1. The Morgan fingerprint density at radius 3 is 2.47 bits per heavy atom. The van der Waals surface area contributed by atoms with Crippen molar-refractivity contribution in [2.24, 2.45) is 18.1 Å². The molecular formula is C17H15F5N3O5S2+. The summed E-state index contributed by atoms with van der Waals surface area (Å²) in [4.78, 5) is 11.9. The summed E-state index contributed by atoms with van der Waals surface area (Å²) in [6.45, 7) is -1.01. The Labute approximate surface area is 183 Å². The van der Waals surface area contributed by atoms with Gasteiger partial charge >= 0.3 is 179 Å². The first-order chi connectivity index (χ1) is 14.7. The number of amides is 1. The van der Waals surface area contributed by atoms with Gasteiger partial charge in [0.2, 0.25) is 0 Å². The molecule has 32 heavy (non-hydrogen) atoms. The van der Waals surface area contributed by atoms with Gasteiger partial charge in [0, 0.05) is 0 Å². The van der Waals surface area contributed by atoms with Crippen LogP contribution in [0.3, 0.4) is 0 Å². The van der Waals surface area contributed by atoms with E-state index in [1.165, 1.54) is 7.05 Å². The second kappa shape index (κ2) is 9.50. The number of aliphatic hydroxyl groups is 1. The molecule has 8 nitrogen and oxygen atoms in total. The second-order valence-corrected chi connectivity index (χ2v) is 8.20. The number of benzene rings is 1. The maximum absolute atomic E-state index is 13.4. The van der Waals surface area contributed by atoms with E-state index in [4.69, 9.17) is 9.88 Å². The molecule has 0 spiro atoms. The van der Waals surface area contributed by atoms with Crippen LogP contribution in [-0.2, 0) is 29.1 Å². The number of hydrogen-bond acceptors (Lipinski definition) is 5. The van der Waals surface area contributed by atoms with Crippen molar-refractivity contribution in [3.8, 4) is 10.9 Å². The van der Waals surface area contributed by atoms with Gasteiger partial charge in [-0.15, -0.1) is 0 Å². The average Bonchev–Trinajstić information content (AvgIpc) is 3.01. The summed E-state index contributed by atoms with van der Waals surface area (Å²) in [5, 5.41) is 18.4. The van der Waals surface area contributed by atoms with Crippen molar-refractivity contribution in [2.75, 3.05) is 11.9 Å². The van der Waals surface area contributed by atoms with Gasteiger partial charge in [-0.05, 0) is 0 Å². The molecule has 1 aromatic heterocycles. The van der Waals surface area contributed by atoms with E-state index in [-0.39, 0.29) is 5.69 Å². The molecule has 1 unspecified atom stereocenters. The topological polar surface area (TPSA) is 124 Å². The Hall–Kier alpha value is -2.58. The molecular weight excluding hydrogens is 485 g/mol. The molecule has 2 aromatic rings. The number of ether oxygens (including phenoxy) is 1. The number of halogens is 5. The van der Waals surface area contributed by atoms with Gasteiger partial charge in [-0.3, -0.25) is 0 Å². The van der Waals surface area contributed by atoms with E-state index in [2.05, 4.69) is 17.4 Å². The normalized spacial score (nSPS) is 13.8. The number of nitrogens with two attached hydrogens (primary N) is 1. The molecule has 0 aliphatic carbocycles. The average molecular weight is 500 g/mol. The van der Waals surface area contributed by atoms with Gasteiger partial charge in [-0.1, -0.05) is 0 Å². The number of alkyl halides is 3. The molecule has 0 aliphatic rings. The number of carbonyl (C=O) groups is 1. The van der Waals surface area contributed by atoms with Gasteiger partial charge in [0.15, 0.2) is 0 Å². The maximum atomic E-state index is 13.4. The molecule has 0 radical (unpaired) electrons. The second-order valence-electron chi connectivity index (χ2n) is 6.43. The summed E-state index contributed by atoms with van der Waals surface area (Å²) >= 11 is 4.36. The van der Waals surface area contributed by atoms with Crippen molar-refractivity contribution in [1.29, 1.82) is 0 Å². The van der Waals surface area contributed by atoms with Crippen LogP contribution < -0.4 is 15.2 Å². The quantitative estimate of drug-likeness (QED) is 0.394. The van der Waals surface area contributed by atoms with Crippen LogP contribution in [0.2, 0.25) is 0 Å². The molecule has 1 heterocycles. The van der Waals surface area contributed by atoms with Crippen LogP contribution in [0.1, 0.15) is 10.5 Å². The third kappa shape index (κ3) is 5.81. The zero-order valence-electron chi connectivity index (χ0n) is 16.0. The van der Waals surface area contributed by atoms with Crippen LogP contribution in [0.25, 0.3) is 0 Å². The molecule has 0 aliphatic heterocycles. The van der Waals surface area contributed by atoms with E-state index in [1.54, 1.807) is 5.18 Å². The van der Waals surface area contributed by atoms with E-state index < -0.39 is 68.7 Å². The summed E-state index contributed by atoms with van der Waals surface area (Å²) in [5.41, 5.74) is -0.737. The Balaban J connectivity index is 2.43. The third-order valence-corrected chi connectivity index (χ3v) is 5.28. The first-order valence-electron chi connectivity index (χ1n) is 8.40. The molecule has 0 fully saturated rings. The molecule has 0 bridgehead atoms. The van der Waals surface area contributed by atoms with Crippen LogP contribution in [0.4, 0.5) is 27.6 Å². The molecule has 2 rings (SSSR count). The molecule has 4 N–H and O–H groups in total. The number of hydrogen-bond donors (Lipinski definition) is 3. The van der Waals surface area contributed by atoms with Crippen molar-refractivity contribution in [2.45, 2.75) is 17.2 Å². The number of nitrogens with one attached hydrogen (secondary N) is 1. The Morgan fingerprint density at radius 1 is 1.34 bits per heavy atom. The minimum atomic E-state index is -5.08. The monoisotopic (exact) mass is 500 g/mol. The van der Waals surface area contributed by atoms with Crippen molar-refractivity contribution in [3.05, 3.63) is 41.7 Å². The number of rotatable bonds is 7. The summed E-state index contributed by atoms with van der Waals surface area (Å²) in [5.74, 6) is -6.20. The molecule has 0 saturated heterocycles. The van der Waals surface area contributed by atoms with Gasteiger partial charge in [0.25, 0.3) is 0 Å². The number of nitrogens with zero attached hydrogens (tertiary/aromatic N) is 1. The molecule has 1 amide bonds. The summed E-state index contributed by atoms with van der Waals surface area (Å²) in [6.07, 6.45) is -7.19. The first kappa shape index (κ1) is 25.7. The van der Waals surface area contributed by atoms with Gasteiger partial charge in [0.1, 0.15) is 0 Å². The van der Waals surface area contributed by atoms with Gasteiger partial charge in [-0.25, -0.2) is 4.39 Å². The van der Waals surface area contributed by atoms with Crippen molar-refractivity contribution < 1.29 is 45.0 Å². The zero-order chi connectivity index (χ0) is 24.4. The van der Waals surface area contributed by atoms with E-state index in [1.807, 2.05) is 0 Å². The van der Waals surface area contributed by atoms with E-state index in [0.29, 0.717) is 6.07 Å². The van der Waals surface area contributed by atoms with Crippen molar-refractivity contribution in [1.82, 2.24) is 4.57 Å². The summed E-state index contributed by atoms with van der Waals surface area (Å²) < 4.78 is 94.6. The predicted molar refractivity (Wildman–Crippen MR) is 103 cm³/mol. The van der Waals surface area contributed by atoms with Crippen LogP contribution in [-0.4, -0.2) is 42.9 Å². The first-order valence-corrected chi connectivity index (χ1v) is 10.4. The predicted octanol–water partition coefficient (Wildman–Crippen LogP) is 1.63. The van der Waals surface area contributed by atoms with Crippen LogP contribution in [0.15, 0.2) is 29.3 Å². The SMILES string of the molecule is Cn1cc(S(N)(=O)=O)c(OC[C@H](C#[S+])C(O)C(F)(F)F)c1C(=O)Nc1ccc(F)c(F)c1. The number of aromatic nitrogens is 1. The Morgan fingerprint density at radius 2 is 1.97 bits per heavy atom. The van der Waals surface area contributed by atoms with Crippen molar-refractivity contribution >= 4 is 33.7 Å². The third-order valence-electron chi connectivity index (χ3n) is 4.08. The number of anilines is 1. The van der Waals surface area contributed by atoms with Gasteiger partial charge in [-0.2, -0.15) is 0 Å². The van der Waals surface area contributed by atoms with Gasteiger partial charge in [0.05, 0.1) is 0 Å². The molecule has 1 aromatic carbocycles. The van der Waals surface area contributed by atoms with Crippen molar-refractivity contribution in [3.63, 3.8) is 0 Å². The zero-order valence-corrected chi connectivity index (χ0v) is 17.6. The van der Waals surface area contributed by atoms with Crippen LogP contribution in [0.5, 0.6) is 5.75 Å². The number of sulfonamides is 1. The minimum absolute atomic E-state index is 0.212. The standard InChI is InChI=1S/C17H14F5N3O5S2/c1-25-5-12(32(23,28)29)14(30-6-8(7-31)15(26)17(20,21)22)13(25)16(27)24-9-2-3-10(18)11(19)4-9/h2-5,8,15,26H,6H2,1H3,(H2-,23,24,27,28,29)/p+1/t8-,15?/m1/s1. The summed E-state index contributed by atoms with van der Waals surface area (Å²) in [6, 6.07) is 2.38. The number of aryl methyl sites for hydroxylation is 1. The van der Waals surface area contributed by atoms with Gasteiger partial charge < -0.3 is 0 Å². The van der Waals surface area contributed by atoms with E-state index >= 15 is 0 Å². The molecule has 0 saturated carbocycles. The Kier molecular flexibility index (Phi) is 7.63. The van der Waals surface area contributed by atoms with E-state index in [0.717, 1.165) is 22.9 Å². The number of aliphatic hydroxyl groups excluding tert-OH is 1. The molecule has 15 heteroatoms. The van der Waals surface area contributed by atoms with Crippen LogP contribution >= 0.6 is 0 Å². The Bertz CT molecular complexity index is 1170. The molecule has 2 atom stereocenters. The fourth-order valence-electron chi connectivity index (χ4n) is 2.54. The van der Waals surface area contributed by atoms with E-state index in [9.17, 15) is 40.3 Å². The fraction of sp³-hybridized carbons (Fsp3) is 0.294.